The number of aromatic nitrogens is 3. The van der Waals surface area contributed by atoms with Gasteiger partial charge in [0.05, 0.1) is 6.61 Å². The highest BCUT2D eigenvalue weighted by Gasteiger charge is 2.10. The molecule has 0 aliphatic carbocycles. The smallest absolute Gasteiger partial charge is 0.191 e. The van der Waals surface area contributed by atoms with Crippen LogP contribution in [0.25, 0.3) is 11.4 Å². The van der Waals surface area contributed by atoms with E-state index in [1.54, 1.807) is 11.8 Å². The summed E-state index contributed by atoms with van der Waals surface area (Å²) in [6.45, 7) is 4.78. The van der Waals surface area contributed by atoms with Crippen LogP contribution in [0, 0.1) is 13.8 Å². The SMILES string of the molecule is Cc1ccc(-c2nnc(SCCOc3cccc(C)c3)n2C)cc1. The summed E-state index contributed by atoms with van der Waals surface area (Å²) in [6, 6.07) is 16.4. The highest BCUT2D eigenvalue weighted by atomic mass is 32.2. The molecule has 0 bridgehead atoms. The fourth-order valence-corrected chi connectivity index (χ4v) is 3.12. The summed E-state index contributed by atoms with van der Waals surface area (Å²) in [5, 5.41) is 9.51. The Morgan fingerprint density at radius 1 is 1.00 bits per heavy atom. The lowest BCUT2D eigenvalue weighted by atomic mass is 10.1. The average Bonchev–Trinajstić information content (AvgIpc) is 2.93. The number of thioether (sulfide) groups is 1. The standard InChI is InChI=1S/C19H21N3OS/c1-14-7-9-16(10-8-14)18-20-21-19(22(18)3)24-12-11-23-17-6-4-5-15(2)13-17/h4-10,13H,11-12H2,1-3H3. The molecule has 0 fully saturated rings. The molecule has 24 heavy (non-hydrogen) atoms. The van der Waals surface area contributed by atoms with Gasteiger partial charge < -0.3 is 9.30 Å². The van der Waals surface area contributed by atoms with Crippen LogP contribution < -0.4 is 4.74 Å². The van der Waals surface area contributed by atoms with Gasteiger partial charge in [0.1, 0.15) is 5.75 Å². The molecule has 0 aliphatic rings. The minimum atomic E-state index is 0.640. The summed E-state index contributed by atoms with van der Waals surface area (Å²) in [6.07, 6.45) is 0. The first-order chi connectivity index (χ1) is 11.6. The van der Waals surface area contributed by atoms with E-state index >= 15 is 0 Å². The van der Waals surface area contributed by atoms with Crippen LogP contribution in [0.1, 0.15) is 11.1 Å². The summed E-state index contributed by atoms with van der Waals surface area (Å²) in [7, 11) is 2.00. The molecule has 0 atom stereocenters. The van der Waals surface area contributed by atoms with Crippen molar-refractivity contribution in [2.75, 3.05) is 12.4 Å². The molecule has 5 heteroatoms. The largest absolute Gasteiger partial charge is 0.493 e. The topological polar surface area (TPSA) is 39.9 Å². The number of hydrogen-bond acceptors (Lipinski definition) is 4. The van der Waals surface area contributed by atoms with Crippen molar-refractivity contribution in [1.29, 1.82) is 0 Å². The lowest BCUT2D eigenvalue weighted by Gasteiger charge is -2.07. The third kappa shape index (κ3) is 3.97. The quantitative estimate of drug-likeness (QED) is 0.497. The van der Waals surface area contributed by atoms with Gasteiger partial charge in [0.15, 0.2) is 11.0 Å². The van der Waals surface area contributed by atoms with Crippen LogP contribution in [0.5, 0.6) is 5.75 Å². The van der Waals surface area contributed by atoms with Crippen LogP contribution in [-0.2, 0) is 7.05 Å². The molecule has 0 aliphatic heterocycles. The molecule has 0 radical (unpaired) electrons. The number of aryl methyl sites for hydroxylation is 2. The zero-order chi connectivity index (χ0) is 16.9. The Balaban J connectivity index is 1.57. The van der Waals surface area contributed by atoms with E-state index in [0.29, 0.717) is 6.61 Å². The van der Waals surface area contributed by atoms with Crippen LogP contribution in [0.2, 0.25) is 0 Å². The van der Waals surface area contributed by atoms with Crippen molar-refractivity contribution < 1.29 is 4.74 Å². The van der Waals surface area contributed by atoms with Gasteiger partial charge in [-0.25, -0.2) is 0 Å². The first-order valence-electron chi connectivity index (χ1n) is 7.92. The Labute approximate surface area is 146 Å². The third-order valence-corrected chi connectivity index (χ3v) is 4.70. The van der Waals surface area contributed by atoms with Gasteiger partial charge in [-0.15, -0.1) is 10.2 Å². The summed E-state index contributed by atoms with van der Waals surface area (Å²) >= 11 is 1.65. The molecule has 4 nitrogen and oxygen atoms in total. The van der Waals surface area contributed by atoms with E-state index in [9.17, 15) is 0 Å². The van der Waals surface area contributed by atoms with Gasteiger partial charge in [0.25, 0.3) is 0 Å². The summed E-state index contributed by atoms with van der Waals surface area (Å²) in [4.78, 5) is 0. The first kappa shape index (κ1) is 16.6. The Hall–Kier alpha value is -2.27. The minimum Gasteiger partial charge on any atom is -0.493 e. The van der Waals surface area contributed by atoms with E-state index in [1.165, 1.54) is 11.1 Å². The van der Waals surface area contributed by atoms with E-state index in [0.717, 1.165) is 28.0 Å². The second kappa shape index (κ2) is 7.53. The van der Waals surface area contributed by atoms with Crippen LogP contribution in [0.3, 0.4) is 0 Å². The number of ether oxygens (including phenoxy) is 1. The van der Waals surface area contributed by atoms with Gasteiger partial charge >= 0.3 is 0 Å². The normalized spacial score (nSPS) is 10.8. The summed E-state index contributed by atoms with van der Waals surface area (Å²) in [5.41, 5.74) is 3.53. The van der Waals surface area contributed by atoms with E-state index in [4.69, 9.17) is 4.74 Å². The maximum Gasteiger partial charge on any atom is 0.191 e. The van der Waals surface area contributed by atoms with Crippen molar-refractivity contribution in [3.05, 3.63) is 59.7 Å². The molecule has 0 unspecified atom stereocenters. The highest BCUT2D eigenvalue weighted by molar-refractivity contribution is 7.99. The van der Waals surface area contributed by atoms with Crippen molar-refractivity contribution in [2.45, 2.75) is 19.0 Å². The molecule has 0 saturated carbocycles. The predicted octanol–water partition coefficient (Wildman–Crippen LogP) is 4.27. The van der Waals surface area contributed by atoms with Crippen molar-refractivity contribution in [1.82, 2.24) is 14.8 Å². The summed E-state index contributed by atoms with van der Waals surface area (Å²) in [5.74, 6) is 2.62. The molecule has 0 spiro atoms. The van der Waals surface area contributed by atoms with E-state index < -0.39 is 0 Å². The Morgan fingerprint density at radius 2 is 1.79 bits per heavy atom. The van der Waals surface area contributed by atoms with Gasteiger partial charge in [-0.2, -0.15) is 0 Å². The fraction of sp³-hybridized carbons (Fsp3) is 0.263. The third-order valence-electron chi connectivity index (χ3n) is 3.72. The number of hydrogen-bond donors (Lipinski definition) is 0. The number of benzene rings is 2. The Morgan fingerprint density at radius 3 is 2.54 bits per heavy atom. The van der Waals surface area contributed by atoms with Crippen molar-refractivity contribution in [3.8, 4) is 17.1 Å². The maximum absolute atomic E-state index is 5.77. The van der Waals surface area contributed by atoms with Crippen LogP contribution in [0.15, 0.2) is 53.7 Å². The van der Waals surface area contributed by atoms with Gasteiger partial charge in [-0.3, -0.25) is 0 Å². The van der Waals surface area contributed by atoms with Crippen LogP contribution in [-0.4, -0.2) is 27.1 Å². The van der Waals surface area contributed by atoms with Crippen molar-refractivity contribution in [2.24, 2.45) is 7.05 Å². The average molecular weight is 339 g/mol. The van der Waals surface area contributed by atoms with Crippen LogP contribution >= 0.6 is 11.8 Å². The number of nitrogens with zero attached hydrogens (tertiary/aromatic N) is 3. The molecular formula is C19H21N3OS. The molecular weight excluding hydrogens is 318 g/mol. The second-order valence-electron chi connectivity index (χ2n) is 5.74. The highest BCUT2D eigenvalue weighted by Crippen LogP contribution is 2.23. The lowest BCUT2D eigenvalue weighted by molar-refractivity contribution is 0.343. The molecule has 124 valence electrons. The Kier molecular flexibility index (Phi) is 5.20. The Bertz CT molecular complexity index is 812. The zero-order valence-corrected chi connectivity index (χ0v) is 15.0. The maximum atomic E-state index is 5.77. The van der Waals surface area contributed by atoms with Crippen molar-refractivity contribution >= 4 is 11.8 Å². The molecule has 1 aromatic heterocycles. The summed E-state index contributed by atoms with van der Waals surface area (Å²) < 4.78 is 7.80. The van der Waals surface area contributed by atoms with Gasteiger partial charge in [0.2, 0.25) is 0 Å². The van der Waals surface area contributed by atoms with Crippen LogP contribution in [0.4, 0.5) is 0 Å². The second-order valence-corrected chi connectivity index (χ2v) is 6.81. The lowest BCUT2D eigenvalue weighted by Crippen LogP contribution is -2.02. The van der Waals surface area contributed by atoms with Crippen molar-refractivity contribution in [3.63, 3.8) is 0 Å². The molecule has 2 aromatic carbocycles. The molecule has 1 heterocycles. The van der Waals surface area contributed by atoms with Gasteiger partial charge in [-0.05, 0) is 31.5 Å². The molecule has 3 rings (SSSR count). The fourth-order valence-electron chi connectivity index (χ4n) is 2.39. The zero-order valence-electron chi connectivity index (χ0n) is 14.2. The molecule has 0 amide bonds. The van der Waals surface area contributed by atoms with Gasteiger partial charge in [0, 0.05) is 18.4 Å². The minimum absolute atomic E-state index is 0.640. The molecule has 3 aromatic rings. The van der Waals surface area contributed by atoms with E-state index in [2.05, 4.69) is 54.4 Å². The molecule has 0 N–H and O–H groups in total. The van der Waals surface area contributed by atoms with Gasteiger partial charge in [-0.1, -0.05) is 53.7 Å². The van der Waals surface area contributed by atoms with E-state index in [-0.39, 0.29) is 0 Å². The number of rotatable bonds is 6. The predicted molar refractivity (Wildman–Crippen MR) is 98.6 cm³/mol. The van der Waals surface area contributed by atoms with E-state index in [1.807, 2.05) is 29.8 Å². The first-order valence-corrected chi connectivity index (χ1v) is 8.91. The molecule has 0 saturated heterocycles. The monoisotopic (exact) mass is 339 g/mol.